The molecule has 6 nitrogen and oxygen atoms in total. The molecule has 6 N–H and O–H groups in total. The Morgan fingerprint density at radius 3 is 2.29 bits per heavy atom. The molecule has 0 aliphatic carbocycles. The Bertz CT molecular complexity index is 1230. The van der Waals surface area contributed by atoms with Gasteiger partial charge in [-0.15, -0.1) is 0 Å². The van der Waals surface area contributed by atoms with E-state index in [-0.39, 0.29) is 12.1 Å². The summed E-state index contributed by atoms with van der Waals surface area (Å²) in [5.41, 5.74) is 24.2. The van der Waals surface area contributed by atoms with Crippen molar-refractivity contribution in [1.82, 2.24) is 4.98 Å². The molecule has 4 aromatic rings. The molecule has 2 atom stereocenters. The number of benzene rings is 3. The van der Waals surface area contributed by atoms with Crippen molar-refractivity contribution in [3.8, 4) is 22.6 Å². The number of pyridine rings is 1. The minimum absolute atomic E-state index is 0.148. The van der Waals surface area contributed by atoms with E-state index in [2.05, 4.69) is 4.98 Å². The van der Waals surface area contributed by atoms with Crippen LogP contribution in [-0.2, 0) is 13.0 Å². The second-order valence-electron chi connectivity index (χ2n) is 8.74. The first kappa shape index (κ1) is 24.3. The summed E-state index contributed by atoms with van der Waals surface area (Å²) in [6, 6.07) is 25.6. The molecule has 0 bridgehead atoms. The number of nitrogens with zero attached hydrogens (tertiary/aromatic N) is 1. The van der Waals surface area contributed by atoms with Gasteiger partial charge in [-0.05, 0) is 65.9 Å². The average molecular weight is 469 g/mol. The summed E-state index contributed by atoms with van der Waals surface area (Å²) in [6.45, 7) is 2.84. The zero-order valence-corrected chi connectivity index (χ0v) is 19.9. The highest BCUT2D eigenvalue weighted by molar-refractivity contribution is 5.68. The van der Waals surface area contributed by atoms with Crippen LogP contribution in [0.25, 0.3) is 11.1 Å². The number of nitrogens with two attached hydrogens (primary N) is 3. The highest BCUT2D eigenvalue weighted by Gasteiger charge is 2.10. The predicted octanol–water partition coefficient (Wildman–Crippen LogP) is 4.88. The largest absolute Gasteiger partial charge is 0.490 e. The van der Waals surface area contributed by atoms with Gasteiger partial charge in [-0.2, -0.15) is 0 Å². The van der Waals surface area contributed by atoms with Crippen molar-refractivity contribution in [1.29, 1.82) is 0 Å². The van der Waals surface area contributed by atoms with E-state index in [0.717, 1.165) is 33.6 Å². The number of rotatable bonds is 10. The molecular formula is C29H32N4O2. The van der Waals surface area contributed by atoms with Crippen LogP contribution in [0.1, 0.15) is 29.7 Å². The Hall–Kier alpha value is -3.87. The van der Waals surface area contributed by atoms with Crippen LogP contribution in [0.2, 0.25) is 0 Å². The monoisotopic (exact) mass is 468 g/mol. The van der Waals surface area contributed by atoms with E-state index in [0.29, 0.717) is 31.1 Å². The molecule has 0 aliphatic rings. The minimum Gasteiger partial charge on any atom is -0.490 e. The van der Waals surface area contributed by atoms with Crippen LogP contribution in [0, 0.1) is 0 Å². The van der Waals surface area contributed by atoms with Gasteiger partial charge in [-0.25, -0.2) is 0 Å². The van der Waals surface area contributed by atoms with Gasteiger partial charge >= 0.3 is 0 Å². The summed E-state index contributed by atoms with van der Waals surface area (Å²) < 4.78 is 11.8. The quantitative estimate of drug-likeness (QED) is 0.286. The average Bonchev–Trinajstić information content (AvgIpc) is 2.88. The molecule has 1 heterocycles. The number of ether oxygens (including phenoxy) is 2. The lowest BCUT2D eigenvalue weighted by atomic mass is 10.00. The molecule has 0 amide bonds. The molecule has 6 heteroatoms. The molecule has 1 aromatic heterocycles. The number of hydrogen-bond acceptors (Lipinski definition) is 6. The molecule has 2 unspecified atom stereocenters. The zero-order chi connectivity index (χ0) is 24.6. The summed E-state index contributed by atoms with van der Waals surface area (Å²) in [6.07, 6.45) is 4.19. The predicted molar refractivity (Wildman–Crippen MR) is 141 cm³/mol. The highest BCUT2D eigenvalue weighted by Crippen LogP contribution is 2.28. The zero-order valence-electron chi connectivity index (χ0n) is 19.9. The van der Waals surface area contributed by atoms with E-state index in [1.807, 2.05) is 85.8 Å². The van der Waals surface area contributed by atoms with Gasteiger partial charge in [0.25, 0.3) is 0 Å². The fourth-order valence-corrected chi connectivity index (χ4v) is 3.83. The van der Waals surface area contributed by atoms with Crippen LogP contribution < -0.4 is 26.7 Å². The smallest absolute Gasteiger partial charge is 0.138 e. The van der Waals surface area contributed by atoms with Gasteiger partial charge in [0.15, 0.2) is 0 Å². The Morgan fingerprint density at radius 1 is 0.771 bits per heavy atom. The first-order chi connectivity index (χ1) is 17.0. The summed E-state index contributed by atoms with van der Waals surface area (Å²) >= 11 is 0. The fourth-order valence-electron chi connectivity index (χ4n) is 3.83. The lowest BCUT2D eigenvalue weighted by molar-refractivity contribution is 0.286. The van der Waals surface area contributed by atoms with E-state index in [9.17, 15) is 0 Å². The van der Waals surface area contributed by atoms with Gasteiger partial charge in [0.1, 0.15) is 24.7 Å². The Morgan fingerprint density at radius 2 is 1.54 bits per heavy atom. The van der Waals surface area contributed by atoms with Crippen molar-refractivity contribution in [2.75, 3.05) is 12.3 Å². The van der Waals surface area contributed by atoms with Crippen molar-refractivity contribution in [2.24, 2.45) is 11.5 Å². The topological polar surface area (TPSA) is 109 Å². The minimum atomic E-state index is -0.157. The molecule has 0 fully saturated rings. The van der Waals surface area contributed by atoms with Gasteiger partial charge in [0, 0.05) is 29.5 Å². The van der Waals surface area contributed by atoms with Crippen molar-refractivity contribution < 1.29 is 9.47 Å². The lowest BCUT2D eigenvalue weighted by Gasteiger charge is -2.15. The SMILES string of the molecule is CC(N)c1cc(-c2cncc(OCC(N)Cc3ccc(OCc4ccccc4)cc3)c2)ccc1N. The molecule has 3 aromatic carbocycles. The second kappa shape index (κ2) is 11.5. The van der Waals surface area contributed by atoms with Gasteiger partial charge in [0.05, 0.1) is 6.20 Å². The van der Waals surface area contributed by atoms with E-state index >= 15 is 0 Å². The first-order valence-corrected chi connectivity index (χ1v) is 11.7. The number of nitrogen functional groups attached to an aromatic ring is 1. The van der Waals surface area contributed by atoms with Crippen molar-refractivity contribution in [2.45, 2.75) is 32.0 Å². The number of hydrogen-bond donors (Lipinski definition) is 3. The van der Waals surface area contributed by atoms with Gasteiger partial charge < -0.3 is 26.7 Å². The molecule has 0 saturated carbocycles. The molecule has 35 heavy (non-hydrogen) atoms. The van der Waals surface area contributed by atoms with E-state index in [1.54, 1.807) is 12.4 Å². The van der Waals surface area contributed by atoms with Gasteiger partial charge in [0.2, 0.25) is 0 Å². The fraction of sp³-hybridized carbons (Fsp3) is 0.207. The molecule has 180 valence electrons. The van der Waals surface area contributed by atoms with Crippen LogP contribution in [0.3, 0.4) is 0 Å². The van der Waals surface area contributed by atoms with E-state index in [1.165, 1.54) is 0 Å². The van der Waals surface area contributed by atoms with E-state index < -0.39 is 0 Å². The standard InChI is InChI=1S/C29H32N4O2/c1-20(30)28-15-23(9-12-29(28)32)24-14-27(17-33-16-24)35-19-25(31)13-21-7-10-26(11-8-21)34-18-22-5-3-2-4-6-22/h2-12,14-17,20,25H,13,18-19,30-32H2,1H3. The summed E-state index contributed by atoms with van der Waals surface area (Å²) in [5, 5.41) is 0. The van der Waals surface area contributed by atoms with Crippen LogP contribution >= 0.6 is 0 Å². The van der Waals surface area contributed by atoms with Crippen molar-refractivity contribution in [3.63, 3.8) is 0 Å². The molecule has 4 rings (SSSR count). The normalized spacial score (nSPS) is 12.7. The third-order valence-electron chi connectivity index (χ3n) is 5.76. The maximum absolute atomic E-state index is 6.34. The third kappa shape index (κ3) is 6.82. The Balaban J connectivity index is 1.30. The highest BCUT2D eigenvalue weighted by atomic mass is 16.5. The summed E-state index contributed by atoms with van der Waals surface area (Å²) in [5.74, 6) is 1.50. The van der Waals surface area contributed by atoms with E-state index in [4.69, 9.17) is 26.7 Å². The second-order valence-corrected chi connectivity index (χ2v) is 8.74. The maximum atomic E-state index is 6.34. The first-order valence-electron chi connectivity index (χ1n) is 11.7. The van der Waals surface area contributed by atoms with Crippen LogP contribution in [-0.4, -0.2) is 17.6 Å². The van der Waals surface area contributed by atoms with Crippen LogP contribution in [0.15, 0.2) is 91.3 Å². The maximum Gasteiger partial charge on any atom is 0.138 e. The Kier molecular flexibility index (Phi) is 7.98. The summed E-state index contributed by atoms with van der Waals surface area (Å²) in [4.78, 5) is 4.33. The van der Waals surface area contributed by atoms with Gasteiger partial charge in [-0.1, -0.05) is 48.5 Å². The van der Waals surface area contributed by atoms with Gasteiger partial charge in [-0.3, -0.25) is 4.98 Å². The molecular weight excluding hydrogens is 436 g/mol. The molecule has 0 spiro atoms. The summed E-state index contributed by atoms with van der Waals surface area (Å²) in [7, 11) is 0. The van der Waals surface area contributed by atoms with Crippen molar-refractivity contribution in [3.05, 3.63) is 108 Å². The lowest BCUT2D eigenvalue weighted by Crippen LogP contribution is -2.30. The number of aromatic nitrogens is 1. The molecule has 0 aliphatic heterocycles. The van der Waals surface area contributed by atoms with Crippen LogP contribution in [0.4, 0.5) is 5.69 Å². The third-order valence-corrected chi connectivity index (χ3v) is 5.76. The molecule has 0 saturated heterocycles. The Labute approximate surface area is 206 Å². The van der Waals surface area contributed by atoms with Crippen LogP contribution in [0.5, 0.6) is 11.5 Å². The molecule has 0 radical (unpaired) electrons. The van der Waals surface area contributed by atoms with Crippen molar-refractivity contribution >= 4 is 5.69 Å². The number of anilines is 1.